The topological polar surface area (TPSA) is 72.2 Å². The molecule has 0 spiro atoms. The highest BCUT2D eigenvalue weighted by molar-refractivity contribution is 14.1. The van der Waals surface area contributed by atoms with Crippen LogP contribution in [0.25, 0.3) is 0 Å². The monoisotopic (exact) mass is 374 g/mol. The molecule has 0 saturated heterocycles. The molecule has 1 aromatic rings. The number of benzene rings is 1. The van der Waals surface area contributed by atoms with Crippen LogP contribution in [-0.2, 0) is 0 Å². The molecule has 0 unspecified atom stereocenters. The molecular formula is C13H15IN2O3. The largest absolute Gasteiger partial charge is 0.352 e. The van der Waals surface area contributed by atoms with Gasteiger partial charge in [-0.15, -0.1) is 0 Å². The third-order valence-corrected chi connectivity index (χ3v) is 4.12. The van der Waals surface area contributed by atoms with Crippen LogP contribution in [0.15, 0.2) is 18.2 Å². The number of halogens is 1. The maximum atomic E-state index is 12.0. The van der Waals surface area contributed by atoms with Gasteiger partial charge in [0.25, 0.3) is 11.6 Å². The van der Waals surface area contributed by atoms with Gasteiger partial charge in [0, 0.05) is 22.2 Å². The van der Waals surface area contributed by atoms with Crippen LogP contribution in [-0.4, -0.2) is 17.4 Å². The van der Waals surface area contributed by atoms with Crippen LogP contribution in [0.3, 0.4) is 0 Å². The molecule has 1 aliphatic carbocycles. The molecular weight excluding hydrogens is 359 g/mol. The standard InChI is InChI=1S/C13H15IN2O3/c14-12-6-5-10(16(18)19)8-11(12)13(17)15-7-1-2-9-3-4-9/h5-6,8-9H,1-4,7H2,(H,15,17). The summed E-state index contributed by atoms with van der Waals surface area (Å²) >= 11 is 2.01. The minimum Gasteiger partial charge on any atom is -0.352 e. The van der Waals surface area contributed by atoms with E-state index in [0.717, 1.165) is 22.3 Å². The van der Waals surface area contributed by atoms with Crippen molar-refractivity contribution in [2.45, 2.75) is 25.7 Å². The molecule has 1 fully saturated rings. The lowest BCUT2D eigenvalue weighted by atomic mass is 10.2. The molecule has 0 radical (unpaired) electrons. The van der Waals surface area contributed by atoms with E-state index in [2.05, 4.69) is 5.32 Å². The Morgan fingerprint density at radius 2 is 2.21 bits per heavy atom. The van der Waals surface area contributed by atoms with Crippen LogP contribution in [0.5, 0.6) is 0 Å². The van der Waals surface area contributed by atoms with Gasteiger partial charge in [-0.25, -0.2) is 0 Å². The van der Waals surface area contributed by atoms with Gasteiger partial charge in [0.1, 0.15) is 0 Å². The van der Waals surface area contributed by atoms with Crippen molar-refractivity contribution in [1.29, 1.82) is 0 Å². The molecule has 0 bridgehead atoms. The van der Waals surface area contributed by atoms with E-state index in [1.807, 2.05) is 22.6 Å². The average Bonchev–Trinajstić information content (AvgIpc) is 3.18. The summed E-state index contributed by atoms with van der Waals surface area (Å²) in [5.74, 6) is 0.624. The predicted octanol–water partition coefficient (Wildman–Crippen LogP) is 3.12. The molecule has 19 heavy (non-hydrogen) atoms. The Bertz CT molecular complexity index is 501. The Hall–Kier alpha value is -1.18. The second kappa shape index (κ2) is 6.31. The van der Waals surface area contributed by atoms with Gasteiger partial charge in [-0.1, -0.05) is 12.8 Å². The highest BCUT2D eigenvalue weighted by Gasteiger charge is 2.20. The van der Waals surface area contributed by atoms with Crippen LogP contribution in [0.2, 0.25) is 0 Å². The number of amides is 1. The van der Waals surface area contributed by atoms with E-state index < -0.39 is 4.92 Å². The summed E-state index contributed by atoms with van der Waals surface area (Å²) < 4.78 is 0.725. The summed E-state index contributed by atoms with van der Waals surface area (Å²) in [6, 6.07) is 4.33. The number of hydrogen-bond donors (Lipinski definition) is 1. The van der Waals surface area contributed by atoms with Gasteiger partial charge < -0.3 is 5.32 Å². The second-order valence-corrected chi connectivity index (χ2v) is 5.92. The Morgan fingerprint density at radius 3 is 2.84 bits per heavy atom. The van der Waals surface area contributed by atoms with Crippen LogP contribution in [0, 0.1) is 19.6 Å². The van der Waals surface area contributed by atoms with Crippen molar-refractivity contribution in [2.75, 3.05) is 6.54 Å². The Morgan fingerprint density at radius 1 is 1.47 bits per heavy atom. The molecule has 1 amide bonds. The third kappa shape index (κ3) is 4.15. The third-order valence-electron chi connectivity index (χ3n) is 3.18. The van der Waals surface area contributed by atoms with E-state index in [9.17, 15) is 14.9 Å². The molecule has 0 atom stereocenters. The number of nitro groups is 1. The fraction of sp³-hybridized carbons (Fsp3) is 0.462. The van der Waals surface area contributed by atoms with Gasteiger partial charge in [-0.2, -0.15) is 0 Å². The van der Waals surface area contributed by atoms with E-state index in [-0.39, 0.29) is 11.6 Å². The molecule has 0 aliphatic heterocycles. The van der Waals surface area contributed by atoms with Gasteiger partial charge in [0.05, 0.1) is 10.5 Å². The molecule has 2 rings (SSSR count). The number of carbonyl (C=O) groups excluding carboxylic acids is 1. The van der Waals surface area contributed by atoms with E-state index in [4.69, 9.17) is 0 Å². The Labute approximate surface area is 125 Å². The van der Waals surface area contributed by atoms with E-state index in [0.29, 0.717) is 12.1 Å². The SMILES string of the molecule is O=C(NCCCC1CC1)c1cc([N+](=O)[O-])ccc1I. The highest BCUT2D eigenvalue weighted by atomic mass is 127. The zero-order valence-corrected chi connectivity index (χ0v) is 12.6. The van der Waals surface area contributed by atoms with Crippen molar-refractivity contribution >= 4 is 34.2 Å². The number of nitrogens with zero attached hydrogens (tertiary/aromatic N) is 1. The molecule has 5 nitrogen and oxygen atoms in total. The zero-order valence-electron chi connectivity index (χ0n) is 10.4. The summed E-state index contributed by atoms with van der Waals surface area (Å²) in [7, 11) is 0. The van der Waals surface area contributed by atoms with Crippen LogP contribution < -0.4 is 5.32 Å². The number of nitro benzene ring substituents is 1. The minimum absolute atomic E-state index is 0.0523. The van der Waals surface area contributed by atoms with E-state index in [1.165, 1.54) is 25.0 Å². The fourth-order valence-electron chi connectivity index (χ4n) is 1.90. The fourth-order valence-corrected chi connectivity index (χ4v) is 2.48. The first-order valence-corrected chi connectivity index (χ1v) is 7.38. The molecule has 0 heterocycles. The smallest absolute Gasteiger partial charge is 0.270 e. The van der Waals surface area contributed by atoms with Gasteiger partial charge in [-0.3, -0.25) is 14.9 Å². The summed E-state index contributed by atoms with van der Waals surface area (Å²) in [6.07, 6.45) is 4.77. The van der Waals surface area contributed by atoms with Crippen molar-refractivity contribution in [3.05, 3.63) is 37.4 Å². The lowest BCUT2D eigenvalue weighted by molar-refractivity contribution is -0.384. The molecule has 102 valence electrons. The average molecular weight is 374 g/mol. The molecule has 1 aliphatic rings. The molecule has 6 heteroatoms. The first-order chi connectivity index (χ1) is 9.08. The molecule has 1 saturated carbocycles. The summed E-state index contributed by atoms with van der Waals surface area (Å²) in [4.78, 5) is 22.2. The second-order valence-electron chi connectivity index (χ2n) is 4.76. The van der Waals surface area contributed by atoms with Crippen molar-refractivity contribution < 1.29 is 9.72 Å². The first kappa shape index (κ1) is 14.2. The summed E-state index contributed by atoms with van der Waals surface area (Å²) in [5.41, 5.74) is 0.324. The van der Waals surface area contributed by atoms with E-state index in [1.54, 1.807) is 6.07 Å². The van der Waals surface area contributed by atoms with Gasteiger partial charge in [0.2, 0.25) is 0 Å². The van der Waals surface area contributed by atoms with Crippen molar-refractivity contribution in [2.24, 2.45) is 5.92 Å². The van der Waals surface area contributed by atoms with Crippen LogP contribution >= 0.6 is 22.6 Å². The van der Waals surface area contributed by atoms with E-state index >= 15 is 0 Å². The Balaban J connectivity index is 1.92. The quantitative estimate of drug-likeness (QED) is 0.360. The lowest BCUT2D eigenvalue weighted by Gasteiger charge is -2.06. The molecule has 1 N–H and O–H groups in total. The highest BCUT2D eigenvalue weighted by Crippen LogP contribution is 2.33. The number of nitrogens with one attached hydrogen (secondary N) is 1. The van der Waals surface area contributed by atoms with Gasteiger partial charge in [-0.05, 0) is 47.4 Å². The summed E-state index contributed by atoms with van der Waals surface area (Å²) in [6.45, 7) is 0.633. The molecule has 0 aromatic heterocycles. The molecule has 1 aromatic carbocycles. The number of carbonyl (C=O) groups is 1. The van der Waals surface area contributed by atoms with Crippen molar-refractivity contribution in [3.8, 4) is 0 Å². The number of non-ortho nitro benzene ring substituents is 1. The van der Waals surface area contributed by atoms with Crippen molar-refractivity contribution in [1.82, 2.24) is 5.32 Å². The lowest BCUT2D eigenvalue weighted by Crippen LogP contribution is -2.25. The van der Waals surface area contributed by atoms with Gasteiger partial charge in [0.15, 0.2) is 0 Å². The Kier molecular flexibility index (Phi) is 4.73. The van der Waals surface area contributed by atoms with Crippen LogP contribution in [0.1, 0.15) is 36.0 Å². The van der Waals surface area contributed by atoms with Crippen molar-refractivity contribution in [3.63, 3.8) is 0 Å². The first-order valence-electron chi connectivity index (χ1n) is 6.30. The van der Waals surface area contributed by atoms with Crippen LogP contribution in [0.4, 0.5) is 5.69 Å². The number of hydrogen-bond acceptors (Lipinski definition) is 3. The van der Waals surface area contributed by atoms with Gasteiger partial charge >= 0.3 is 0 Å². The predicted molar refractivity (Wildman–Crippen MR) is 80.1 cm³/mol. The maximum absolute atomic E-state index is 12.0. The normalized spacial score (nSPS) is 14.2. The summed E-state index contributed by atoms with van der Waals surface area (Å²) in [5, 5.41) is 13.5. The zero-order chi connectivity index (χ0) is 13.8. The minimum atomic E-state index is -0.486. The maximum Gasteiger partial charge on any atom is 0.270 e. The number of rotatable bonds is 6.